The summed E-state index contributed by atoms with van der Waals surface area (Å²) >= 11 is 0. The highest BCUT2D eigenvalue weighted by Gasteiger charge is 2.68. The minimum atomic E-state index is -1.03. The molecule has 3 heterocycles. The number of carbonyl (C=O) groups is 1. The van der Waals surface area contributed by atoms with Crippen molar-refractivity contribution in [3.63, 3.8) is 0 Å². The van der Waals surface area contributed by atoms with E-state index in [1.807, 2.05) is 13.8 Å². The molecule has 17 heavy (non-hydrogen) atoms. The van der Waals surface area contributed by atoms with Crippen LogP contribution in [0.25, 0.3) is 0 Å². The molecule has 3 rings (SSSR count). The smallest absolute Gasteiger partial charge is 0.311 e. The molecule has 0 spiro atoms. The molecule has 2 unspecified atom stereocenters. The van der Waals surface area contributed by atoms with Crippen molar-refractivity contribution in [2.24, 2.45) is 0 Å². The van der Waals surface area contributed by atoms with Gasteiger partial charge in [0.25, 0.3) is 0 Å². The van der Waals surface area contributed by atoms with Crippen molar-refractivity contribution < 1.29 is 28.5 Å². The maximum atomic E-state index is 11.4. The quantitative estimate of drug-likeness (QED) is 0.646. The zero-order chi connectivity index (χ0) is 12.3. The topological polar surface area (TPSA) is 63.2 Å². The Morgan fingerprint density at radius 3 is 2.82 bits per heavy atom. The minimum Gasteiger partial charge on any atom is -0.469 e. The summed E-state index contributed by atoms with van der Waals surface area (Å²) < 4.78 is 27.5. The Morgan fingerprint density at radius 1 is 1.35 bits per heavy atom. The fraction of sp³-hybridized carbons (Fsp3) is 0.909. The first-order chi connectivity index (χ1) is 7.96. The summed E-state index contributed by atoms with van der Waals surface area (Å²) in [6.07, 6.45) is -0.661. The molecule has 3 aliphatic heterocycles. The Bertz CT molecular complexity index is 354. The minimum absolute atomic E-state index is 0.0284. The SMILES string of the molecule is COC(=O)C[C@@]12OC[C@@H](O1)C1OC(C)(C)OC12. The first-order valence-electron chi connectivity index (χ1n) is 5.70. The maximum absolute atomic E-state index is 11.4. The molecule has 3 fully saturated rings. The molecule has 0 aliphatic carbocycles. The van der Waals surface area contributed by atoms with Crippen molar-refractivity contribution in [1.29, 1.82) is 0 Å². The molecule has 4 atom stereocenters. The lowest BCUT2D eigenvalue weighted by Crippen LogP contribution is -2.48. The first-order valence-corrected chi connectivity index (χ1v) is 5.70. The van der Waals surface area contributed by atoms with Gasteiger partial charge in [-0.25, -0.2) is 0 Å². The molecule has 6 nitrogen and oxygen atoms in total. The lowest BCUT2D eigenvalue weighted by Gasteiger charge is -2.30. The normalized spacial score (nSPS) is 45.9. The Morgan fingerprint density at radius 2 is 2.12 bits per heavy atom. The van der Waals surface area contributed by atoms with Gasteiger partial charge in [-0.15, -0.1) is 0 Å². The van der Waals surface area contributed by atoms with Crippen LogP contribution in [-0.2, 0) is 28.5 Å². The van der Waals surface area contributed by atoms with Gasteiger partial charge in [0.05, 0.1) is 13.7 Å². The number of esters is 1. The van der Waals surface area contributed by atoms with E-state index in [0.29, 0.717) is 6.61 Å². The second-order valence-corrected chi connectivity index (χ2v) is 5.05. The highest BCUT2D eigenvalue weighted by molar-refractivity contribution is 5.70. The second-order valence-electron chi connectivity index (χ2n) is 5.05. The number of carbonyl (C=O) groups excluding carboxylic acids is 1. The predicted molar refractivity (Wildman–Crippen MR) is 54.0 cm³/mol. The third-order valence-electron chi connectivity index (χ3n) is 3.39. The summed E-state index contributed by atoms with van der Waals surface area (Å²) in [7, 11) is 1.34. The standard InChI is InChI=1S/C11H16O6/c1-10(2)16-8-6-5-14-11(15-6,9(8)17-10)4-7(12)13-3/h6,8-9H,4-5H2,1-3H3/t6-,8?,9?,11-/m1/s1. The Hall–Kier alpha value is -0.690. The molecule has 0 amide bonds. The van der Waals surface area contributed by atoms with Gasteiger partial charge in [0.2, 0.25) is 5.79 Å². The molecule has 0 aromatic heterocycles. The molecule has 0 saturated carbocycles. The molecular formula is C11H16O6. The van der Waals surface area contributed by atoms with Crippen LogP contribution >= 0.6 is 0 Å². The summed E-state index contributed by atoms with van der Waals surface area (Å²) in [5.41, 5.74) is 0. The zero-order valence-corrected chi connectivity index (χ0v) is 10.1. The molecule has 0 N–H and O–H groups in total. The fourth-order valence-corrected chi connectivity index (χ4v) is 2.73. The average Bonchev–Trinajstić information content (AvgIpc) is 2.85. The van der Waals surface area contributed by atoms with Crippen LogP contribution < -0.4 is 0 Å². The van der Waals surface area contributed by atoms with Crippen molar-refractivity contribution in [2.45, 2.75) is 50.2 Å². The lowest BCUT2D eigenvalue weighted by atomic mass is 10.00. The number of hydrogen-bond donors (Lipinski definition) is 0. The highest BCUT2D eigenvalue weighted by atomic mass is 16.8. The van der Waals surface area contributed by atoms with Crippen molar-refractivity contribution >= 4 is 5.97 Å². The maximum Gasteiger partial charge on any atom is 0.311 e. The monoisotopic (exact) mass is 244 g/mol. The molecule has 0 aromatic carbocycles. The van der Waals surface area contributed by atoms with Crippen LogP contribution in [0.2, 0.25) is 0 Å². The van der Waals surface area contributed by atoms with E-state index < -0.39 is 11.6 Å². The average molecular weight is 244 g/mol. The van der Waals surface area contributed by atoms with Gasteiger partial charge >= 0.3 is 5.97 Å². The fourth-order valence-electron chi connectivity index (χ4n) is 2.73. The van der Waals surface area contributed by atoms with Crippen molar-refractivity contribution in [3.8, 4) is 0 Å². The summed E-state index contributed by atoms with van der Waals surface area (Å²) in [5, 5.41) is 0. The van der Waals surface area contributed by atoms with Gasteiger partial charge in [0.1, 0.15) is 24.7 Å². The van der Waals surface area contributed by atoms with Crippen molar-refractivity contribution in [3.05, 3.63) is 0 Å². The van der Waals surface area contributed by atoms with Gasteiger partial charge in [-0.1, -0.05) is 0 Å². The number of hydrogen-bond acceptors (Lipinski definition) is 6. The van der Waals surface area contributed by atoms with Gasteiger partial charge < -0.3 is 23.7 Å². The van der Waals surface area contributed by atoms with Gasteiger partial charge in [0.15, 0.2) is 5.79 Å². The molecule has 0 radical (unpaired) electrons. The number of rotatable bonds is 2. The van der Waals surface area contributed by atoms with Gasteiger partial charge in [0, 0.05) is 0 Å². The summed E-state index contributed by atoms with van der Waals surface area (Å²) in [5.74, 6) is -2.07. The summed E-state index contributed by atoms with van der Waals surface area (Å²) in [6.45, 7) is 4.12. The predicted octanol–water partition coefficient (Wildman–Crippen LogP) is 0.195. The van der Waals surface area contributed by atoms with Gasteiger partial charge in [-0.3, -0.25) is 4.79 Å². The van der Waals surface area contributed by atoms with E-state index in [1.165, 1.54) is 7.11 Å². The van der Waals surface area contributed by atoms with E-state index in [9.17, 15) is 4.79 Å². The van der Waals surface area contributed by atoms with E-state index in [2.05, 4.69) is 4.74 Å². The van der Waals surface area contributed by atoms with E-state index in [4.69, 9.17) is 18.9 Å². The van der Waals surface area contributed by atoms with E-state index in [1.54, 1.807) is 0 Å². The van der Waals surface area contributed by atoms with Crippen LogP contribution in [0.3, 0.4) is 0 Å². The highest BCUT2D eigenvalue weighted by Crippen LogP contribution is 2.50. The molecule has 96 valence electrons. The molecule has 6 heteroatoms. The van der Waals surface area contributed by atoms with Gasteiger partial charge in [-0.05, 0) is 13.8 Å². The second kappa shape index (κ2) is 3.41. The number of ether oxygens (including phenoxy) is 5. The Balaban J connectivity index is 1.84. The molecular weight excluding hydrogens is 228 g/mol. The zero-order valence-electron chi connectivity index (χ0n) is 10.1. The van der Waals surface area contributed by atoms with Crippen LogP contribution in [0.4, 0.5) is 0 Å². The van der Waals surface area contributed by atoms with Crippen LogP contribution in [0.1, 0.15) is 20.3 Å². The van der Waals surface area contributed by atoms with E-state index in [0.717, 1.165) is 0 Å². The van der Waals surface area contributed by atoms with E-state index in [-0.39, 0.29) is 30.7 Å². The Labute approximate surface area is 99.1 Å². The van der Waals surface area contributed by atoms with E-state index >= 15 is 0 Å². The Kier molecular flexibility index (Phi) is 2.29. The first kappa shape index (κ1) is 11.4. The third-order valence-corrected chi connectivity index (χ3v) is 3.39. The molecule has 3 saturated heterocycles. The molecule has 2 bridgehead atoms. The van der Waals surface area contributed by atoms with Crippen LogP contribution in [0.5, 0.6) is 0 Å². The summed E-state index contributed by atoms with van der Waals surface area (Å²) in [4.78, 5) is 11.4. The lowest BCUT2D eigenvalue weighted by molar-refractivity contribution is -0.244. The number of fused-ring (bicyclic) bond motifs is 5. The van der Waals surface area contributed by atoms with Crippen molar-refractivity contribution in [1.82, 2.24) is 0 Å². The van der Waals surface area contributed by atoms with Crippen LogP contribution in [0.15, 0.2) is 0 Å². The van der Waals surface area contributed by atoms with Crippen LogP contribution in [0, 0.1) is 0 Å². The summed E-state index contributed by atoms with van der Waals surface area (Å²) in [6, 6.07) is 0. The van der Waals surface area contributed by atoms with Gasteiger partial charge in [-0.2, -0.15) is 0 Å². The molecule has 3 aliphatic rings. The van der Waals surface area contributed by atoms with Crippen LogP contribution in [-0.4, -0.2) is 49.6 Å². The largest absolute Gasteiger partial charge is 0.469 e. The van der Waals surface area contributed by atoms with Crippen molar-refractivity contribution in [2.75, 3.05) is 13.7 Å². The third kappa shape index (κ3) is 1.59. The number of methoxy groups -OCH3 is 1. The molecule has 0 aromatic rings.